The zero-order valence-electron chi connectivity index (χ0n) is 24.1. The summed E-state index contributed by atoms with van der Waals surface area (Å²) in [5.74, 6) is 0.436. The van der Waals surface area contributed by atoms with Crippen molar-refractivity contribution in [2.45, 2.75) is 168 Å². The van der Waals surface area contributed by atoms with Crippen molar-refractivity contribution in [2.75, 3.05) is 0 Å². The summed E-state index contributed by atoms with van der Waals surface area (Å²) in [6, 6.07) is 7.42. The van der Waals surface area contributed by atoms with E-state index >= 15 is 0 Å². The molecule has 0 aliphatic rings. The van der Waals surface area contributed by atoms with Gasteiger partial charge in [0.25, 0.3) is 0 Å². The van der Waals surface area contributed by atoms with E-state index in [-0.39, 0.29) is 11.6 Å². The fourth-order valence-corrected chi connectivity index (χ4v) is 5.03. The van der Waals surface area contributed by atoms with Gasteiger partial charge in [-0.1, -0.05) is 167 Å². The minimum Gasteiger partial charge on any atom is -0.294 e. The van der Waals surface area contributed by atoms with E-state index in [0.29, 0.717) is 12.8 Å². The van der Waals surface area contributed by atoms with Crippen molar-refractivity contribution in [1.29, 1.82) is 0 Å². The minimum absolute atomic E-state index is 0.218. The maximum atomic E-state index is 12.5. The fraction of sp³-hybridized carbons (Fsp3) is 0.765. The number of ketones is 2. The number of carbonyl (C=O) groups is 2. The van der Waals surface area contributed by atoms with Crippen molar-refractivity contribution in [3.05, 3.63) is 35.4 Å². The molecule has 0 radical (unpaired) electrons. The molecule has 1 aromatic carbocycles. The summed E-state index contributed by atoms with van der Waals surface area (Å²) < 4.78 is 0. The molecule has 0 aliphatic carbocycles. The Morgan fingerprint density at radius 2 is 0.611 bits per heavy atom. The molecule has 0 unspecified atom stereocenters. The van der Waals surface area contributed by atoms with Gasteiger partial charge in [0.15, 0.2) is 11.6 Å². The molecule has 2 heteroatoms. The van der Waals surface area contributed by atoms with Gasteiger partial charge in [0.05, 0.1) is 0 Å². The molecule has 0 bridgehead atoms. The minimum atomic E-state index is 0.218. The van der Waals surface area contributed by atoms with Crippen LogP contribution in [-0.2, 0) is 0 Å². The molecule has 0 heterocycles. The summed E-state index contributed by atoms with van der Waals surface area (Å²) >= 11 is 0. The summed E-state index contributed by atoms with van der Waals surface area (Å²) in [5.41, 5.74) is 1.52. The SMILES string of the molecule is CCCCCCCCCCCCCC(=O)c1ccc(C(=O)CCCCCCCCCCCCC)cc1. The quantitative estimate of drug-likeness (QED) is 0.0939. The van der Waals surface area contributed by atoms with Crippen LogP contribution in [0.25, 0.3) is 0 Å². The van der Waals surface area contributed by atoms with Crippen LogP contribution in [0.1, 0.15) is 189 Å². The fourth-order valence-electron chi connectivity index (χ4n) is 5.03. The number of unbranched alkanes of at least 4 members (excludes halogenated alkanes) is 20. The summed E-state index contributed by atoms with van der Waals surface area (Å²) in [4.78, 5) is 25.0. The molecule has 0 atom stereocenters. The number of Topliss-reactive ketones (excluding diaryl/α,β-unsaturated/α-hetero) is 2. The van der Waals surface area contributed by atoms with E-state index in [4.69, 9.17) is 0 Å². The van der Waals surface area contributed by atoms with Crippen LogP contribution < -0.4 is 0 Å². The van der Waals surface area contributed by atoms with Crippen molar-refractivity contribution < 1.29 is 9.59 Å². The third-order valence-corrected chi connectivity index (χ3v) is 7.54. The van der Waals surface area contributed by atoms with Gasteiger partial charge in [-0.15, -0.1) is 0 Å². The van der Waals surface area contributed by atoms with E-state index in [1.165, 1.54) is 116 Å². The molecule has 0 N–H and O–H groups in total. The number of benzene rings is 1. The van der Waals surface area contributed by atoms with Crippen molar-refractivity contribution in [1.82, 2.24) is 0 Å². The van der Waals surface area contributed by atoms with Crippen LogP contribution in [0.2, 0.25) is 0 Å². The van der Waals surface area contributed by atoms with Gasteiger partial charge >= 0.3 is 0 Å². The zero-order valence-corrected chi connectivity index (χ0v) is 24.1. The Kier molecular flexibility index (Phi) is 21.7. The summed E-state index contributed by atoms with van der Waals surface area (Å²) in [6.45, 7) is 4.53. The van der Waals surface area contributed by atoms with Crippen LogP contribution in [0.3, 0.4) is 0 Å². The average molecular weight is 499 g/mol. The molecule has 0 fully saturated rings. The zero-order chi connectivity index (χ0) is 26.1. The van der Waals surface area contributed by atoms with Crippen molar-refractivity contribution in [3.63, 3.8) is 0 Å². The van der Waals surface area contributed by atoms with E-state index in [2.05, 4.69) is 13.8 Å². The maximum absolute atomic E-state index is 12.5. The molecule has 0 saturated carbocycles. The lowest BCUT2D eigenvalue weighted by molar-refractivity contribution is 0.0967. The monoisotopic (exact) mass is 498 g/mol. The highest BCUT2D eigenvalue weighted by atomic mass is 16.1. The molecule has 0 aliphatic heterocycles. The molecule has 0 spiro atoms. The van der Waals surface area contributed by atoms with Gasteiger partial charge in [0.2, 0.25) is 0 Å². The highest BCUT2D eigenvalue weighted by Gasteiger charge is 2.09. The van der Waals surface area contributed by atoms with Crippen LogP contribution >= 0.6 is 0 Å². The first-order chi connectivity index (χ1) is 17.7. The first-order valence-corrected chi connectivity index (χ1v) is 15.9. The molecule has 0 aromatic heterocycles. The van der Waals surface area contributed by atoms with E-state index in [1.54, 1.807) is 0 Å². The smallest absolute Gasteiger partial charge is 0.162 e. The molecule has 206 valence electrons. The summed E-state index contributed by atoms with van der Waals surface area (Å²) in [7, 11) is 0. The second-order valence-electron chi connectivity index (χ2n) is 11.0. The van der Waals surface area contributed by atoms with Gasteiger partial charge in [0, 0.05) is 24.0 Å². The Morgan fingerprint density at radius 3 is 0.861 bits per heavy atom. The third kappa shape index (κ3) is 17.9. The average Bonchev–Trinajstić information content (AvgIpc) is 2.90. The van der Waals surface area contributed by atoms with E-state index in [9.17, 15) is 9.59 Å². The first-order valence-electron chi connectivity index (χ1n) is 15.9. The summed E-state index contributed by atoms with van der Waals surface area (Å²) in [5, 5.41) is 0. The lowest BCUT2D eigenvalue weighted by atomic mass is 9.99. The Hall–Kier alpha value is -1.44. The number of carbonyl (C=O) groups excluding carboxylic acids is 2. The van der Waals surface area contributed by atoms with Gasteiger partial charge in [0.1, 0.15) is 0 Å². The normalized spacial score (nSPS) is 11.2. The van der Waals surface area contributed by atoms with E-state index in [1.807, 2.05) is 24.3 Å². The lowest BCUT2D eigenvalue weighted by Gasteiger charge is -2.05. The Labute approximate surface area is 224 Å². The molecule has 1 aromatic rings. The molecular formula is C34H58O2. The first kappa shape index (κ1) is 32.6. The molecule has 0 amide bonds. The largest absolute Gasteiger partial charge is 0.294 e. The van der Waals surface area contributed by atoms with Crippen LogP contribution in [0.15, 0.2) is 24.3 Å². The van der Waals surface area contributed by atoms with Crippen molar-refractivity contribution in [2.24, 2.45) is 0 Å². The van der Waals surface area contributed by atoms with Crippen LogP contribution in [-0.4, -0.2) is 11.6 Å². The second kappa shape index (κ2) is 23.9. The van der Waals surface area contributed by atoms with E-state index in [0.717, 1.165) is 36.8 Å². The van der Waals surface area contributed by atoms with Gasteiger partial charge < -0.3 is 0 Å². The second-order valence-corrected chi connectivity index (χ2v) is 11.0. The van der Waals surface area contributed by atoms with Crippen LogP contribution in [0.4, 0.5) is 0 Å². The highest BCUT2D eigenvalue weighted by molar-refractivity contribution is 5.99. The number of hydrogen-bond acceptors (Lipinski definition) is 2. The third-order valence-electron chi connectivity index (χ3n) is 7.54. The predicted molar refractivity (Wildman–Crippen MR) is 157 cm³/mol. The molecule has 0 saturated heterocycles. The van der Waals surface area contributed by atoms with Gasteiger partial charge in [-0.05, 0) is 12.8 Å². The Morgan fingerprint density at radius 1 is 0.389 bits per heavy atom. The van der Waals surface area contributed by atoms with Gasteiger partial charge in [-0.2, -0.15) is 0 Å². The number of rotatable bonds is 26. The van der Waals surface area contributed by atoms with E-state index < -0.39 is 0 Å². The predicted octanol–water partition coefficient (Wildman–Crippen LogP) is 11.5. The number of hydrogen-bond donors (Lipinski definition) is 0. The highest BCUT2D eigenvalue weighted by Crippen LogP contribution is 2.16. The van der Waals surface area contributed by atoms with Gasteiger partial charge in [-0.25, -0.2) is 0 Å². The maximum Gasteiger partial charge on any atom is 0.162 e. The van der Waals surface area contributed by atoms with Crippen molar-refractivity contribution in [3.8, 4) is 0 Å². The van der Waals surface area contributed by atoms with Crippen molar-refractivity contribution >= 4 is 11.6 Å². The summed E-state index contributed by atoms with van der Waals surface area (Å²) in [6.07, 6.45) is 29.8. The van der Waals surface area contributed by atoms with Gasteiger partial charge in [-0.3, -0.25) is 9.59 Å². The van der Waals surface area contributed by atoms with Crippen LogP contribution in [0, 0.1) is 0 Å². The molecular weight excluding hydrogens is 440 g/mol. The van der Waals surface area contributed by atoms with Crippen LogP contribution in [0.5, 0.6) is 0 Å². The topological polar surface area (TPSA) is 34.1 Å². The molecule has 36 heavy (non-hydrogen) atoms. The Balaban J connectivity index is 2.04. The lowest BCUT2D eigenvalue weighted by Crippen LogP contribution is -2.02. The standard InChI is InChI=1S/C34H58O2/c1-3-5-7-9-11-13-15-17-19-21-23-25-33(35)31-27-29-32(30-28-31)34(36)26-24-22-20-18-16-14-12-10-8-6-4-2/h27-30H,3-26H2,1-2H3. The molecule has 1 rings (SSSR count). The Bertz CT molecular complexity index is 589. The molecule has 2 nitrogen and oxygen atoms in total.